The Kier molecular flexibility index (Phi) is 7.17. The molecule has 1 atom stereocenters. The second kappa shape index (κ2) is 8.65. The summed E-state index contributed by atoms with van der Waals surface area (Å²) in [6.45, 7) is 8.01. The van der Waals surface area contributed by atoms with E-state index >= 15 is 0 Å². The zero-order chi connectivity index (χ0) is 15.0. The van der Waals surface area contributed by atoms with Crippen LogP contribution in [-0.4, -0.2) is 11.1 Å². The average molecular weight is 292 g/mol. The van der Waals surface area contributed by atoms with Gasteiger partial charge in [0.05, 0.1) is 17.6 Å². The number of pyridine rings is 1. The Hall–Kier alpha value is -1.47. The van der Waals surface area contributed by atoms with Crippen LogP contribution >= 0.6 is 8.58 Å². The van der Waals surface area contributed by atoms with E-state index < -0.39 is 0 Å². The van der Waals surface area contributed by atoms with Gasteiger partial charge in [-0.15, -0.1) is 0 Å². The van der Waals surface area contributed by atoms with E-state index in [1.807, 2.05) is 32.9 Å². The zero-order valence-electron chi connectivity index (χ0n) is 12.5. The van der Waals surface area contributed by atoms with Crippen molar-refractivity contribution in [3.63, 3.8) is 0 Å². The lowest BCUT2D eigenvalue weighted by Crippen LogP contribution is -2.06. The van der Waals surface area contributed by atoms with E-state index in [-0.39, 0.29) is 5.82 Å². The van der Waals surface area contributed by atoms with E-state index in [1.54, 1.807) is 18.5 Å². The van der Waals surface area contributed by atoms with Gasteiger partial charge in [0.1, 0.15) is 5.82 Å². The summed E-state index contributed by atoms with van der Waals surface area (Å²) in [4.78, 5) is 4.09. The number of halogens is 1. The molecular formula is C16H22FN2P. The summed E-state index contributed by atoms with van der Waals surface area (Å²) < 4.78 is 13.8. The van der Waals surface area contributed by atoms with Crippen molar-refractivity contribution < 1.29 is 4.39 Å². The fraction of sp³-hybridized carbons (Fsp3) is 0.312. The van der Waals surface area contributed by atoms with Crippen molar-refractivity contribution in [3.8, 4) is 0 Å². The number of hydrogen-bond acceptors (Lipinski definition) is 2. The van der Waals surface area contributed by atoms with Gasteiger partial charge in [0.2, 0.25) is 0 Å². The van der Waals surface area contributed by atoms with Crippen molar-refractivity contribution in [2.24, 2.45) is 0 Å². The number of benzene rings is 1. The fourth-order valence-electron chi connectivity index (χ4n) is 1.71. The van der Waals surface area contributed by atoms with Crippen LogP contribution in [0.3, 0.4) is 0 Å². The standard InChI is InChI=1S/C14H16FN2P.C2H6/c1-3-18-14-6-7-16-9-13(14)17-12-5-4-10(2)8-11(12)15;1-2/h4-9,17-18H,3H2,1-2H3;1-2H3. The Morgan fingerprint density at radius 1 is 1.20 bits per heavy atom. The first-order valence-electron chi connectivity index (χ1n) is 6.91. The van der Waals surface area contributed by atoms with Gasteiger partial charge in [0.25, 0.3) is 0 Å². The molecular weight excluding hydrogens is 270 g/mol. The summed E-state index contributed by atoms with van der Waals surface area (Å²) in [6, 6.07) is 7.16. The molecule has 0 aliphatic rings. The van der Waals surface area contributed by atoms with Crippen LogP contribution in [0.1, 0.15) is 26.3 Å². The lowest BCUT2D eigenvalue weighted by molar-refractivity contribution is 0.631. The van der Waals surface area contributed by atoms with Crippen LogP contribution in [0.2, 0.25) is 0 Å². The molecule has 2 aromatic rings. The number of nitrogens with zero attached hydrogens (tertiary/aromatic N) is 1. The molecule has 1 unspecified atom stereocenters. The smallest absolute Gasteiger partial charge is 0.146 e. The van der Waals surface area contributed by atoms with E-state index in [0.717, 1.165) is 17.4 Å². The minimum absolute atomic E-state index is 0.232. The van der Waals surface area contributed by atoms with Crippen LogP contribution in [0.4, 0.5) is 15.8 Å². The van der Waals surface area contributed by atoms with Crippen LogP contribution in [0.25, 0.3) is 0 Å². The highest BCUT2D eigenvalue weighted by Gasteiger charge is 2.06. The van der Waals surface area contributed by atoms with Crippen molar-refractivity contribution in [2.75, 3.05) is 11.5 Å². The monoisotopic (exact) mass is 292 g/mol. The van der Waals surface area contributed by atoms with Gasteiger partial charge in [-0.25, -0.2) is 4.39 Å². The molecule has 0 saturated heterocycles. The normalized spacial score (nSPS) is 10.2. The van der Waals surface area contributed by atoms with Crippen molar-refractivity contribution in [1.82, 2.24) is 4.98 Å². The summed E-state index contributed by atoms with van der Waals surface area (Å²) in [6.07, 6.45) is 4.60. The maximum absolute atomic E-state index is 13.8. The van der Waals surface area contributed by atoms with Gasteiger partial charge in [-0.2, -0.15) is 0 Å². The molecule has 0 spiro atoms. The molecule has 0 bridgehead atoms. The minimum Gasteiger partial charge on any atom is -0.351 e. The summed E-state index contributed by atoms with van der Waals surface area (Å²) >= 11 is 0. The molecule has 0 amide bonds. The Labute approximate surface area is 122 Å². The molecule has 2 nitrogen and oxygen atoms in total. The Bertz CT molecular complexity index is 544. The number of hydrogen-bond donors (Lipinski definition) is 1. The lowest BCUT2D eigenvalue weighted by Gasteiger charge is -2.11. The van der Waals surface area contributed by atoms with Crippen molar-refractivity contribution in [3.05, 3.63) is 48.0 Å². The number of aromatic nitrogens is 1. The van der Waals surface area contributed by atoms with Gasteiger partial charge in [-0.05, 0) is 42.2 Å². The van der Waals surface area contributed by atoms with Crippen molar-refractivity contribution in [1.29, 1.82) is 0 Å². The van der Waals surface area contributed by atoms with Crippen molar-refractivity contribution in [2.45, 2.75) is 27.7 Å². The highest BCUT2D eigenvalue weighted by molar-refractivity contribution is 7.47. The number of anilines is 2. The molecule has 108 valence electrons. The quantitative estimate of drug-likeness (QED) is 0.832. The summed E-state index contributed by atoms with van der Waals surface area (Å²) in [5.74, 6) is -0.232. The van der Waals surface area contributed by atoms with E-state index in [0.29, 0.717) is 14.3 Å². The molecule has 0 fully saturated rings. The second-order valence-electron chi connectivity index (χ2n) is 4.06. The first kappa shape index (κ1) is 16.6. The molecule has 1 aromatic carbocycles. The Morgan fingerprint density at radius 3 is 2.60 bits per heavy atom. The van der Waals surface area contributed by atoms with E-state index in [1.165, 1.54) is 11.4 Å². The second-order valence-corrected chi connectivity index (χ2v) is 5.66. The number of rotatable bonds is 4. The largest absolute Gasteiger partial charge is 0.351 e. The van der Waals surface area contributed by atoms with Gasteiger partial charge < -0.3 is 5.32 Å². The van der Waals surface area contributed by atoms with Crippen molar-refractivity contribution >= 4 is 25.3 Å². The van der Waals surface area contributed by atoms with E-state index in [4.69, 9.17) is 0 Å². The van der Waals surface area contributed by atoms with E-state index in [9.17, 15) is 4.39 Å². The molecule has 1 N–H and O–H groups in total. The van der Waals surface area contributed by atoms with Gasteiger partial charge in [0.15, 0.2) is 0 Å². The van der Waals surface area contributed by atoms with Gasteiger partial charge in [-0.3, -0.25) is 4.98 Å². The first-order chi connectivity index (χ1) is 9.70. The minimum atomic E-state index is -0.232. The molecule has 0 saturated carbocycles. The first-order valence-corrected chi connectivity index (χ1v) is 8.12. The fourth-order valence-corrected chi connectivity index (χ4v) is 2.60. The Morgan fingerprint density at radius 2 is 1.95 bits per heavy atom. The maximum Gasteiger partial charge on any atom is 0.146 e. The molecule has 2 rings (SSSR count). The zero-order valence-corrected chi connectivity index (χ0v) is 13.5. The summed E-state index contributed by atoms with van der Waals surface area (Å²) in [5, 5.41) is 4.31. The van der Waals surface area contributed by atoms with E-state index in [2.05, 4.69) is 17.2 Å². The van der Waals surface area contributed by atoms with Crippen LogP contribution in [0, 0.1) is 12.7 Å². The number of aryl methyl sites for hydroxylation is 1. The Balaban J connectivity index is 0.000000956. The average Bonchev–Trinajstić information content (AvgIpc) is 2.46. The van der Waals surface area contributed by atoms with Crippen LogP contribution < -0.4 is 10.6 Å². The summed E-state index contributed by atoms with van der Waals surface area (Å²) in [5.41, 5.74) is 2.30. The predicted molar refractivity (Wildman–Crippen MR) is 88.5 cm³/mol. The highest BCUT2D eigenvalue weighted by atomic mass is 31.1. The number of nitrogens with one attached hydrogen (secondary N) is 1. The topological polar surface area (TPSA) is 24.9 Å². The van der Waals surface area contributed by atoms with Gasteiger partial charge in [-0.1, -0.05) is 35.4 Å². The highest BCUT2D eigenvalue weighted by Crippen LogP contribution is 2.22. The third kappa shape index (κ3) is 4.57. The molecule has 0 radical (unpaired) electrons. The van der Waals surface area contributed by atoms with Gasteiger partial charge in [0, 0.05) is 6.20 Å². The molecule has 0 aliphatic carbocycles. The molecule has 20 heavy (non-hydrogen) atoms. The lowest BCUT2D eigenvalue weighted by atomic mass is 10.2. The van der Waals surface area contributed by atoms with Crippen LogP contribution in [0.5, 0.6) is 0 Å². The third-order valence-corrected chi connectivity index (χ3v) is 3.75. The third-order valence-electron chi connectivity index (χ3n) is 2.58. The molecule has 1 aromatic heterocycles. The SMILES string of the molecule is CC.CCPc1ccncc1Nc1ccc(C)cc1F. The van der Waals surface area contributed by atoms with Crippen LogP contribution in [-0.2, 0) is 0 Å². The molecule has 4 heteroatoms. The van der Waals surface area contributed by atoms with Gasteiger partial charge >= 0.3 is 0 Å². The van der Waals surface area contributed by atoms with Crippen LogP contribution in [0.15, 0.2) is 36.7 Å². The maximum atomic E-state index is 13.8. The predicted octanol–water partition coefficient (Wildman–Crippen LogP) is 4.62. The molecule has 1 heterocycles. The molecule has 0 aliphatic heterocycles. The summed E-state index contributed by atoms with van der Waals surface area (Å²) in [7, 11) is 0.707.